The summed E-state index contributed by atoms with van der Waals surface area (Å²) >= 11 is 1.78. The first-order valence-corrected chi connectivity index (χ1v) is 8.29. The van der Waals surface area contributed by atoms with E-state index in [-0.39, 0.29) is 22.9 Å². The lowest BCUT2D eigenvalue weighted by atomic mass is 9.62. The highest BCUT2D eigenvalue weighted by Crippen LogP contribution is 2.54. The average Bonchev–Trinajstić information content (AvgIpc) is 2.43. The Kier molecular flexibility index (Phi) is 3.78. The van der Waals surface area contributed by atoms with E-state index in [4.69, 9.17) is 0 Å². The number of carbonyl (C=O) groups is 2. The van der Waals surface area contributed by atoms with Crippen molar-refractivity contribution in [3.05, 3.63) is 35.6 Å². The number of carbonyl (C=O) groups excluding carboxylic acids is 2. The lowest BCUT2D eigenvalue weighted by Crippen LogP contribution is -2.55. The van der Waals surface area contributed by atoms with Crippen LogP contribution in [0.3, 0.4) is 0 Å². The largest absolute Gasteiger partial charge is 0.296 e. The number of piperidine rings is 1. The average molecular weight is 307 g/mol. The molecule has 3 atom stereocenters. The van der Waals surface area contributed by atoms with E-state index in [0.717, 1.165) is 18.6 Å². The first kappa shape index (κ1) is 14.6. The molecule has 2 amide bonds. The van der Waals surface area contributed by atoms with Gasteiger partial charge in [0.15, 0.2) is 0 Å². The molecule has 5 heteroatoms. The molecule has 1 aromatic rings. The minimum atomic E-state index is -0.584. The Bertz CT molecular complexity index is 591. The van der Waals surface area contributed by atoms with E-state index < -0.39 is 11.3 Å². The van der Waals surface area contributed by atoms with Crippen LogP contribution >= 0.6 is 11.8 Å². The normalized spacial score (nSPS) is 33.0. The Hall–Kier alpha value is -1.36. The fourth-order valence-electron chi connectivity index (χ4n) is 3.72. The van der Waals surface area contributed by atoms with Crippen molar-refractivity contribution >= 4 is 23.6 Å². The first-order valence-electron chi connectivity index (χ1n) is 7.24. The van der Waals surface area contributed by atoms with Gasteiger partial charge >= 0.3 is 0 Å². The van der Waals surface area contributed by atoms with Crippen molar-refractivity contribution in [3.63, 3.8) is 0 Å². The molecule has 0 bridgehead atoms. The van der Waals surface area contributed by atoms with Crippen LogP contribution in [0.25, 0.3) is 0 Å². The molecule has 3 nitrogen and oxygen atoms in total. The number of benzene rings is 1. The second-order valence-electron chi connectivity index (χ2n) is 5.89. The number of halogens is 1. The predicted octanol–water partition coefficient (Wildman–Crippen LogP) is 2.86. The molecule has 1 spiro atoms. The van der Waals surface area contributed by atoms with Crippen molar-refractivity contribution in [2.75, 3.05) is 5.75 Å². The van der Waals surface area contributed by atoms with E-state index in [1.807, 2.05) is 0 Å². The Morgan fingerprint density at radius 3 is 2.81 bits per heavy atom. The topological polar surface area (TPSA) is 46.2 Å². The molecule has 112 valence electrons. The van der Waals surface area contributed by atoms with E-state index in [0.29, 0.717) is 12.0 Å². The van der Waals surface area contributed by atoms with Gasteiger partial charge in [-0.3, -0.25) is 14.9 Å². The van der Waals surface area contributed by atoms with Crippen LogP contribution in [0.2, 0.25) is 0 Å². The van der Waals surface area contributed by atoms with Gasteiger partial charge in [-0.2, -0.15) is 11.8 Å². The summed E-state index contributed by atoms with van der Waals surface area (Å²) in [7, 11) is 0. The second kappa shape index (κ2) is 5.44. The quantitative estimate of drug-likeness (QED) is 0.812. The molecule has 0 saturated carbocycles. The third kappa shape index (κ3) is 2.37. The summed E-state index contributed by atoms with van der Waals surface area (Å²) in [5.41, 5.74) is -0.0540. The van der Waals surface area contributed by atoms with Crippen LogP contribution in [-0.2, 0) is 9.59 Å². The summed E-state index contributed by atoms with van der Waals surface area (Å²) in [6.45, 7) is 2.06. The summed E-state index contributed by atoms with van der Waals surface area (Å²) in [6, 6.07) is 6.42. The fourth-order valence-corrected chi connectivity index (χ4v) is 5.05. The first-order chi connectivity index (χ1) is 10.0. The molecular formula is C16H18FNO2S. The molecule has 0 aromatic heterocycles. The molecular weight excluding hydrogens is 289 g/mol. The number of amides is 2. The minimum absolute atomic E-state index is 0.158. The highest BCUT2D eigenvalue weighted by Gasteiger charge is 2.53. The maximum Gasteiger partial charge on any atom is 0.234 e. The van der Waals surface area contributed by atoms with Crippen molar-refractivity contribution in [1.82, 2.24) is 5.32 Å². The lowest BCUT2D eigenvalue weighted by Gasteiger charge is -2.49. The predicted molar refractivity (Wildman–Crippen MR) is 80.5 cm³/mol. The van der Waals surface area contributed by atoms with Gasteiger partial charge in [-0.15, -0.1) is 0 Å². The smallest absolute Gasteiger partial charge is 0.234 e. The Morgan fingerprint density at radius 1 is 1.33 bits per heavy atom. The number of hydrogen-bond acceptors (Lipinski definition) is 3. The molecule has 21 heavy (non-hydrogen) atoms. The van der Waals surface area contributed by atoms with Crippen LogP contribution in [0.4, 0.5) is 4.39 Å². The lowest BCUT2D eigenvalue weighted by molar-refractivity contribution is -0.140. The Labute approximate surface area is 127 Å². The van der Waals surface area contributed by atoms with Gasteiger partial charge in [0.05, 0.1) is 5.92 Å². The fraction of sp³-hybridized carbons (Fsp3) is 0.500. The molecule has 2 saturated heterocycles. The molecule has 3 unspecified atom stereocenters. The summed E-state index contributed by atoms with van der Waals surface area (Å²) < 4.78 is 14.2. The zero-order valence-electron chi connectivity index (χ0n) is 11.9. The molecule has 0 aliphatic carbocycles. The van der Waals surface area contributed by atoms with Gasteiger partial charge in [0.1, 0.15) is 5.82 Å². The second-order valence-corrected chi connectivity index (χ2v) is 7.34. The van der Waals surface area contributed by atoms with Crippen LogP contribution in [0, 0.1) is 11.2 Å². The summed E-state index contributed by atoms with van der Waals surface area (Å²) in [4.78, 5) is 24.4. The molecule has 1 aromatic carbocycles. The number of nitrogens with one attached hydrogen (secondary N) is 1. The molecule has 3 rings (SSSR count). The molecule has 0 radical (unpaired) electrons. The van der Waals surface area contributed by atoms with Gasteiger partial charge < -0.3 is 0 Å². The monoisotopic (exact) mass is 307 g/mol. The van der Waals surface area contributed by atoms with Gasteiger partial charge in [0.2, 0.25) is 11.8 Å². The van der Waals surface area contributed by atoms with E-state index in [9.17, 15) is 14.0 Å². The van der Waals surface area contributed by atoms with Crippen molar-refractivity contribution in [2.45, 2.75) is 37.4 Å². The van der Waals surface area contributed by atoms with Crippen LogP contribution in [0.5, 0.6) is 0 Å². The molecule has 2 fully saturated rings. The Morgan fingerprint density at radius 2 is 2.10 bits per heavy atom. The molecule has 2 aliphatic rings. The number of hydrogen-bond donors (Lipinski definition) is 1. The van der Waals surface area contributed by atoms with E-state index in [1.165, 1.54) is 6.07 Å². The molecule has 2 heterocycles. The number of thioether (sulfide) groups is 1. The maximum atomic E-state index is 14.2. The zero-order chi connectivity index (χ0) is 15.0. The van der Waals surface area contributed by atoms with Crippen LogP contribution < -0.4 is 5.32 Å². The van der Waals surface area contributed by atoms with Crippen molar-refractivity contribution in [1.29, 1.82) is 0 Å². The van der Waals surface area contributed by atoms with Crippen LogP contribution in [-0.4, -0.2) is 22.8 Å². The van der Waals surface area contributed by atoms with E-state index in [1.54, 1.807) is 30.0 Å². The van der Waals surface area contributed by atoms with Gasteiger partial charge in [-0.1, -0.05) is 25.1 Å². The maximum absolute atomic E-state index is 14.2. The third-order valence-electron chi connectivity index (χ3n) is 4.77. The summed E-state index contributed by atoms with van der Waals surface area (Å²) in [5.74, 6) is -0.510. The van der Waals surface area contributed by atoms with Gasteiger partial charge in [-0.05, 0) is 24.7 Å². The van der Waals surface area contributed by atoms with Gasteiger partial charge in [0.25, 0.3) is 0 Å². The Balaban J connectivity index is 2.11. The van der Waals surface area contributed by atoms with Gasteiger partial charge in [0, 0.05) is 22.6 Å². The summed E-state index contributed by atoms with van der Waals surface area (Å²) in [5, 5.41) is 2.55. The van der Waals surface area contributed by atoms with Crippen molar-refractivity contribution < 1.29 is 14.0 Å². The standard InChI is InChI=1S/C16H18FNO2S/c1-10-16(7-4-8-21-10)9-13(19)18-15(20)14(16)11-5-2-3-6-12(11)17/h2-3,5-6,10,14H,4,7-9H2,1H3,(H,18,19,20). The third-order valence-corrected chi connectivity index (χ3v) is 6.26. The van der Waals surface area contributed by atoms with E-state index >= 15 is 0 Å². The van der Waals surface area contributed by atoms with Crippen LogP contribution in [0.15, 0.2) is 24.3 Å². The summed E-state index contributed by atoms with van der Waals surface area (Å²) in [6.07, 6.45) is 2.05. The minimum Gasteiger partial charge on any atom is -0.296 e. The molecule has 1 N–H and O–H groups in total. The molecule has 2 aliphatic heterocycles. The number of rotatable bonds is 1. The van der Waals surface area contributed by atoms with Crippen molar-refractivity contribution in [3.8, 4) is 0 Å². The number of imide groups is 1. The highest BCUT2D eigenvalue weighted by atomic mass is 32.2. The van der Waals surface area contributed by atoms with E-state index in [2.05, 4.69) is 12.2 Å². The SMILES string of the molecule is CC1SCCCC12CC(=O)NC(=O)C2c1ccccc1F. The highest BCUT2D eigenvalue weighted by molar-refractivity contribution is 7.99. The van der Waals surface area contributed by atoms with Crippen molar-refractivity contribution in [2.24, 2.45) is 5.41 Å². The van der Waals surface area contributed by atoms with Crippen LogP contribution in [0.1, 0.15) is 37.7 Å². The van der Waals surface area contributed by atoms with Gasteiger partial charge in [-0.25, -0.2) is 4.39 Å². The zero-order valence-corrected chi connectivity index (χ0v) is 12.7.